The van der Waals surface area contributed by atoms with E-state index in [-0.39, 0.29) is 12.4 Å². The van der Waals surface area contributed by atoms with Crippen LogP contribution in [0.3, 0.4) is 0 Å². The van der Waals surface area contributed by atoms with Gasteiger partial charge in [0.1, 0.15) is 0 Å². The van der Waals surface area contributed by atoms with Gasteiger partial charge in [-0.1, -0.05) is 12.1 Å². The lowest BCUT2D eigenvalue weighted by Gasteiger charge is -2.13. The van der Waals surface area contributed by atoms with Crippen LogP contribution in [0.1, 0.15) is 17.5 Å². The molecule has 0 spiro atoms. The lowest BCUT2D eigenvalue weighted by Crippen LogP contribution is -2.15. The first-order valence-corrected chi connectivity index (χ1v) is 6.06. The van der Waals surface area contributed by atoms with Crippen molar-refractivity contribution in [3.63, 3.8) is 0 Å². The number of ether oxygens (including phenoxy) is 1. The van der Waals surface area contributed by atoms with Crippen molar-refractivity contribution in [3.05, 3.63) is 29.3 Å². The molecule has 2 aliphatic rings. The van der Waals surface area contributed by atoms with Crippen LogP contribution in [0.2, 0.25) is 0 Å². The molecule has 2 N–H and O–H groups in total. The monoisotopic (exact) mass is 254 g/mol. The Morgan fingerprint density at radius 3 is 3.12 bits per heavy atom. The molecule has 1 unspecified atom stereocenters. The zero-order valence-electron chi connectivity index (χ0n) is 9.87. The highest BCUT2D eigenvalue weighted by atomic mass is 35.5. The van der Waals surface area contributed by atoms with Crippen molar-refractivity contribution >= 4 is 18.1 Å². The van der Waals surface area contributed by atoms with Crippen LogP contribution in [-0.2, 0) is 17.8 Å². The summed E-state index contributed by atoms with van der Waals surface area (Å²) in [7, 11) is 0. The number of rotatable bonds is 3. The number of nitrogens with one attached hydrogen (secondary N) is 2. The van der Waals surface area contributed by atoms with Crippen LogP contribution in [-0.4, -0.2) is 19.8 Å². The van der Waals surface area contributed by atoms with E-state index in [1.54, 1.807) is 0 Å². The minimum absolute atomic E-state index is 0. The quantitative estimate of drug-likeness (QED) is 0.867. The summed E-state index contributed by atoms with van der Waals surface area (Å²) in [5.74, 6) is 0.685. The Bertz CT molecular complexity index is 378. The molecule has 2 aliphatic heterocycles. The molecule has 0 radical (unpaired) electrons. The minimum Gasteiger partial charge on any atom is -0.384 e. The van der Waals surface area contributed by atoms with E-state index >= 15 is 0 Å². The smallest absolute Gasteiger partial charge is 0.0511 e. The fraction of sp³-hybridized carbons (Fsp3) is 0.538. The van der Waals surface area contributed by atoms with Gasteiger partial charge in [0, 0.05) is 37.8 Å². The van der Waals surface area contributed by atoms with Crippen molar-refractivity contribution < 1.29 is 4.74 Å². The first-order chi connectivity index (χ1) is 7.93. The van der Waals surface area contributed by atoms with E-state index in [4.69, 9.17) is 4.74 Å². The third-order valence-corrected chi connectivity index (χ3v) is 3.50. The van der Waals surface area contributed by atoms with Gasteiger partial charge >= 0.3 is 0 Å². The van der Waals surface area contributed by atoms with Crippen molar-refractivity contribution in [2.75, 3.05) is 25.1 Å². The Labute approximate surface area is 108 Å². The van der Waals surface area contributed by atoms with Crippen molar-refractivity contribution in [1.29, 1.82) is 0 Å². The molecule has 0 aromatic heterocycles. The molecular weight excluding hydrogens is 236 g/mol. The summed E-state index contributed by atoms with van der Waals surface area (Å²) < 4.78 is 5.39. The third-order valence-electron chi connectivity index (χ3n) is 3.50. The largest absolute Gasteiger partial charge is 0.384 e. The molecule has 3 rings (SSSR count). The molecule has 94 valence electrons. The van der Waals surface area contributed by atoms with Crippen LogP contribution in [0.15, 0.2) is 18.2 Å². The molecule has 1 saturated heterocycles. The topological polar surface area (TPSA) is 33.3 Å². The lowest BCUT2D eigenvalue weighted by molar-refractivity contribution is 0.187. The molecule has 3 nitrogen and oxygen atoms in total. The van der Waals surface area contributed by atoms with Crippen molar-refractivity contribution in [2.24, 2.45) is 5.92 Å². The zero-order valence-corrected chi connectivity index (χ0v) is 10.7. The van der Waals surface area contributed by atoms with Gasteiger partial charge in [0.25, 0.3) is 0 Å². The second-order valence-corrected chi connectivity index (χ2v) is 4.66. The van der Waals surface area contributed by atoms with Gasteiger partial charge in [0.15, 0.2) is 0 Å². The van der Waals surface area contributed by atoms with Gasteiger partial charge in [-0.05, 0) is 23.6 Å². The second-order valence-electron chi connectivity index (χ2n) is 4.66. The molecule has 1 aromatic rings. The number of fused-ring (bicyclic) bond motifs is 1. The van der Waals surface area contributed by atoms with E-state index in [2.05, 4.69) is 28.8 Å². The van der Waals surface area contributed by atoms with Crippen molar-refractivity contribution in [2.45, 2.75) is 19.5 Å². The number of anilines is 1. The SMILES string of the molecule is Cl.c1cc2c(c(NCC3CCOC3)c1)CNC2. The van der Waals surface area contributed by atoms with Gasteiger partial charge < -0.3 is 15.4 Å². The van der Waals surface area contributed by atoms with Crippen LogP contribution in [0, 0.1) is 5.92 Å². The molecule has 0 aliphatic carbocycles. The molecule has 0 amide bonds. The summed E-state index contributed by atoms with van der Waals surface area (Å²) in [6.07, 6.45) is 1.19. The minimum atomic E-state index is 0. The molecule has 1 aromatic carbocycles. The highest BCUT2D eigenvalue weighted by molar-refractivity contribution is 5.85. The van der Waals surface area contributed by atoms with Crippen LogP contribution in [0.25, 0.3) is 0 Å². The second kappa shape index (κ2) is 5.71. The van der Waals surface area contributed by atoms with Crippen molar-refractivity contribution in [3.8, 4) is 0 Å². The molecule has 1 fully saturated rings. The van der Waals surface area contributed by atoms with Gasteiger partial charge in [-0.25, -0.2) is 0 Å². The molecule has 0 saturated carbocycles. The fourth-order valence-corrected chi connectivity index (χ4v) is 2.50. The molecule has 0 bridgehead atoms. The highest BCUT2D eigenvalue weighted by Gasteiger charge is 2.17. The number of hydrogen-bond donors (Lipinski definition) is 2. The molecule has 4 heteroatoms. The van der Waals surface area contributed by atoms with Crippen molar-refractivity contribution in [1.82, 2.24) is 5.32 Å². The molecule has 1 atom stereocenters. The predicted octanol–water partition coefficient (Wildman–Crippen LogP) is 2.16. The average molecular weight is 255 g/mol. The number of halogens is 1. The summed E-state index contributed by atoms with van der Waals surface area (Å²) in [5.41, 5.74) is 4.18. The Morgan fingerprint density at radius 1 is 1.35 bits per heavy atom. The Morgan fingerprint density at radius 2 is 2.29 bits per heavy atom. The zero-order chi connectivity index (χ0) is 10.8. The summed E-state index contributed by atoms with van der Waals surface area (Å²) in [4.78, 5) is 0. The maximum atomic E-state index is 5.39. The van der Waals surface area contributed by atoms with Crippen LogP contribution in [0.5, 0.6) is 0 Å². The Kier molecular flexibility index (Phi) is 4.26. The van der Waals surface area contributed by atoms with Crippen LogP contribution < -0.4 is 10.6 Å². The van der Waals surface area contributed by atoms with Gasteiger partial charge in [0.05, 0.1) is 6.61 Å². The summed E-state index contributed by atoms with van der Waals surface area (Å²) in [6.45, 7) is 4.90. The van der Waals surface area contributed by atoms with E-state index < -0.39 is 0 Å². The summed E-state index contributed by atoms with van der Waals surface area (Å²) >= 11 is 0. The van der Waals surface area contributed by atoms with E-state index in [9.17, 15) is 0 Å². The maximum Gasteiger partial charge on any atom is 0.0511 e. The van der Waals surface area contributed by atoms with E-state index in [1.165, 1.54) is 23.2 Å². The highest BCUT2D eigenvalue weighted by Crippen LogP contribution is 2.24. The predicted molar refractivity (Wildman–Crippen MR) is 71.6 cm³/mol. The number of hydrogen-bond acceptors (Lipinski definition) is 3. The van der Waals surface area contributed by atoms with Gasteiger partial charge in [-0.3, -0.25) is 0 Å². The molecular formula is C13H19ClN2O. The third kappa shape index (κ3) is 2.73. The van der Waals surface area contributed by atoms with Crippen LogP contribution >= 0.6 is 12.4 Å². The molecule has 17 heavy (non-hydrogen) atoms. The molecule has 2 heterocycles. The van der Waals surface area contributed by atoms with Gasteiger partial charge in [-0.2, -0.15) is 0 Å². The first kappa shape index (κ1) is 12.7. The van der Waals surface area contributed by atoms with Crippen LogP contribution in [0.4, 0.5) is 5.69 Å². The first-order valence-electron chi connectivity index (χ1n) is 6.06. The van der Waals surface area contributed by atoms with E-state index in [0.717, 1.165) is 32.8 Å². The van der Waals surface area contributed by atoms with E-state index in [1.807, 2.05) is 0 Å². The van der Waals surface area contributed by atoms with Gasteiger partial charge in [-0.15, -0.1) is 12.4 Å². The summed E-state index contributed by atoms with van der Waals surface area (Å²) in [5, 5.41) is 6.96. The fourth-order valence-electron chi connectivity index (χ4n) is 2.50. The standard InChI is InChI=1S/C13H18N2O.ClH/c1-2-11-7-14-8-12(11)13(3-1)15-6-10-4-5-16-9-10;/h1-3,10,14-15H,4-9H2;1H. The Balaban J connectivity index is 0.00000108. The normalized spacial score (nSPS) is 22.0. The lowest BCUT2D eigenvalue weighted by atomic mass is 10.1. The Hall–Kier alpha value is -0.770. The number of benzene rings is 1. The maximum absolute atomic E-state index is 5.39. The van der Waals surface area contributed by atoms with Gasteiger partial charge in [0.2, 0.25) is 0 Å². The summed E-state index contributed by atoms with van der Waals surface area (Å²) in [6, 6.07) is 6.53. The van der Waals surface area contributed by atoms with E-state index in [0.29, 0.717) is 5.92 Å². The average Bonchev–Trinajstić information content (AvgIpc) is 2.97.